The predicted octanol–water partition coefficient (Wildman–Crippen LogP) is 1.04. The fourth-order valence-electron chi connectivity index (χ4n) is 2.12. The molecule has 2 N–H and O–H groups in total. The van der Waals surface area contributed by atoms with Crippen LogP contribution < -0.4 is 20.3 Å². The lowest BCUT2D eigenvalue weighted by Crippen LogP contribution is -2.47. The molecule has 0 radical (unpaired) electrons. The van der Waals surface area contributed by atoms with Crippen molar-refractivity contribution in [3.8, 4) is 5.75 Å². The SMILES string of the molecule is CNC(=O)NCC(=O)N1C[C@@H](C)Oc2cc(C)ccc21. The maximum Gasteiger partial charge on any atom is 0.314 e. The zero-order chi connectivity index (χ0) is 14.7. The van der Waals surface area contributed by atoms with Crippen molar-refractivity contribution >= 4 is 17.6 Å². The van der Waals surface area contributed by atoms with Crippen LogP contribution in [0.2, 0.25) is 0 Å². The van der Waals surface area contributed by atoms with Gasteiger partial charge in [-0.1, -0.05) is 6.07 Å². The van der Waals surface area contributed by atoms with E-state index in [1.54, 1.807) is 4.90 Å². The van der Waals surface area contributed by atoms with Gasteiger partial charge >= 0.3 is 6.03 Å². The van der Waals surface area contributed by atoms with Crippen LogP contribution in [-0.2, 0) is 4.79 Å². The maximum atomic E-state index is 12.2. The summed E-state index contributed by atoms with van der Waals surface area (Å²) in [5.41, 5.74) is 1.83. The lowest BCUT2D eigenvalue weighted by Gasteiger charge is -2.33. The molecule has 20 heavy (non-hydrogen) atoms. The molecule has 2 rings (SSSR count). The molecule has 0 fully saturated rings. The van der Waals surface area contributed by atoms with Crippen LogP contribution in [0, 0.1) is 6.92 Å². The van der Waals surface area contributed by atoms with Gasteiger partial charge in [0.2, 0.25) is 5.91 Å². The van der Waals surface area contributed by atoms with E-state index in [0.717, 1.165) is 11.3 Å². The Balaban J connectivity index is 2.16. The van der Waals surface area contributed by atoms with Crippen molar-refractivity contribution in [1.29, 1.82) is 0 Å². The molecule has 0 saturated heterocycles. The molecule has 0 aliphatic carbocycles. The van der Waals surface area contributed by atoms with Gasteiger partial charge in [-0.2, -0.15) is 0 Å². The second-order valence-corrected chi connectivity index (χ2v) is 4.84. The smallest absolute Gasteiger partial charge is 0.314 e. The van der Waals surface area contributed by atoms with Gasteiger partial charge < -0.3 is 20.3 Å². The van der Waals surface area contributed by atoms with E-state index in [2.05, 4.69) is 10.6 Å². The molecule has 1 aromatic rings. The second-order valence-electron chi connectivity index (χ2n) is 4.84. The number of benzene rings is 1. The van der Waals surface area contributed by atoms with Crippen LogP contribution in [0.4, 0.5) is 10.5 Å². The number of ether oxygens (including phenoxy) is 1. The highest BCUT2D eigenvalue weighted by Gasteiger charge is 2.27. The number of nitrogens with zero attached hydrogens (tertiary/aromatic N) is 1. The number of carbonyl (C=O) groups excluding carboxylic acids is 2. The number of rotatable bonds is 2. The summed E-state index contributed by atoms with van der Waals surface area (Å²) >= 11 is 0. The van der Waals surface area contributed by atoms with Gasteiger partial charge in [-0.05, 0) is 31.5 Å². The summed E-state index contributed by atoms with van der Waals surface area (Å²) in [4.78, 5) is 25.0. The summed E-state index contributed by atoms with van der Waals surface area (Å²) in [6.07, 6.45) is -0.0757. The van der Waals surface area contributed by atoms with Gasteiger partial charge in [0, 0.05) is 7.05 Å². The Bertz CT molecular complexity index is 530. The molecular weight excluding hydrogens is 258 g/mol. The molecule has 6 heteroatoms. The highest BCUT2D eigenvalue weighted by Crippen LogP contribution is 2.34. The highest BCUT2D eigenvalue weighted by atomic mass is 16.5. The topological polar surface area (TPSA) is 70.7 Å². The lowest BCUT2D eigenvalue weighted by molar-refractivity contribution is -0.118. The van der Waals surface area contributed by atoms with Gasteiger partial charge in [-0.3, -0.25) is 4.79 Å². The summed E-state index contributed by atoms with van der Waals surface area (Å²) < 4.78 is 5.75. The fourth-order valence-corrected chi connectivity index (χ4v) is 2.12. The quantitative estimate of drug-likeness (QED) is 0.848. The van der Waals surface area contributed by atoms with E-state index in [-0.39, 0.29) is 24.6 Å². The summed E-state index contributed by atoms with van der Waals surface area (Å²) in [5.74, 6) is 0.547. The van der Waals surface area contributed by atoms with Crippen LogP contribution in [0.25, 0.3) is 0 Å². The molecule has 0 saturated carbocycles. The Kier molecular flexibility index (Phi) is 4.12. The van der Waals surface area contributed by atoms with Gasteiger partial charge in [-0.15, -0.1) is 0 Å². The zero-order valence-electron chi connectivity index (χ0n) is 11.9. The van der Waals surface area contributed by atoms with Crippen LogP contribution in [0.3, 0.4) is 0 Å². The Morgan fingerprint density at radius 3 is 2.90 bits per heavy atom. The second kappa shape index (κ2) is 5.81. The first-order valence-electron chi connectivity index (χ1n) is 6.54. The van der Waals surface area contributed by atoms with Crippen molar-refractivity contribution in [3.63, 3.8) is 0 Å². The normalized spacial score (nSPS) is 16.9. The average Bonchev–Trinajstić information content (AvgIpc) is 2.42. The number of aryl methyl sites for hydroxylation is 1. The Hall–Kier alpha value is -2.24. The monoisotopic (exact) mass is 277 g/mol. The molecule has 1 atom stereocenters. The molecule has 6 nitrogen and oxygen atoms in total. The number of nitrogens with one attached hydrogen (secondary N) is 2. The zero-order valence-corrected chi connectivity index (χ0v) is 11.9. The summed E-state index contributed by atoms with van der Waals surface area (Å²) in [7, 11) is 1.51. The first-order chi connectivity index (χ1) is 9.51. The minimum Gasteiger partial charge on any atom is -0.487 e. The van der Waals surface area contributed by atoms with E-state index in [0.29, 0.717) is 12.3 Å². The van der Waals surface area contributed by atoms with Gasteiger partial charge in [0.05, 0.1) is 18.8 Å². The first kappa shape index (κ1) is 14.2. The number of fused-ring (bicyclic) bond motifs is 1. The molecule has 108 valence electrons. The predicted molar refractivity (Wildman–Crippen MR) is 76.1 cm³/mol. The third kappa shape index (κ3) is 3.01. The minimum absolute atomic E-state index is 0.0420. The molecular formula is C14H19N3O3. The molecule has 1 aliphatic heterocycles. The van der Waals surface area contributed by atoms with E-state index in [1.807, 2.05) is 32.0 Å². The first-order valence-corrected chi connectivity index (χ1v) is 6.54. The van der Waals surface area contributed by atoms with E-state index >= 15 is 0 Å². The third-order valence-electron chi connectivity index (χ3n) is 3.10. The Morgan fingerprint density at radius 1 is 1.45 bits per heavy atom. The van der Waals surface area contributed by atoms with E-state index in [9.17, 15) is 9.59 Å². The maximum absolute atomic E-state index is 12.2. The standard InChI is InChI=1S/C14H19N3O3/c1-9-4-5-11-12(6-9)20-10(2)8-17(11)13(18)7-16-14(19)15-3/h4-6,10H,7-8H2,1-3H3,(H2,15,16,19)/t10-/m1/s1. The third-order valence-corrected chi connectivity index (χ3v) is 3.10. The number of carbonyl (C=O) groups is 2. The number of hydrogen-bond donors (Lipinski definition) is 2. The van der Waals surface area contributed by atoms with Crippen LogP contribution in [0.1, 0.15) is 12.5 Å². The molecule has 3 amide bonds. The van der Waals surface area contributed by atoms with Crippen molar-refractivity contribution in [3.05, 3.63) is 23.8 Å². The van der Waals surface area contributed by atoms with Crippen LogP contribution in [0.15, 0.2) is 18.2 Å². The number of urea groups is 1. The minimum atomic E-state index is -0.371. The molecule has 0 bridgehead atoms. The Morgan fingerprint density at radius 2 is 2.20 bits per heavy atom. The van der Waals surface area contributed by atoms with E-state index in [4.69, 9.17) is 4.74 Å². The van der Waals surface area contributed by atoms with Crippen LogP contribution >= 0.6 is 0 Å². The molecule has 0 aromatic heterocycles. The molecule has 1 aliphatic rings. The van der Waals surface area contributed by atoms with Gasteiger partial charge in [-0.25, -0.2) is 4.79 Å². The van der Waals surface area contributed by atoms with Crippen molar-refractivity contribution in [2.75, 3.05) is 25.0 Å². The number of hydrogen-bond acceptors (Lipinski definition) is 3. The van der Waals surface area contributed by atoms with Crippen molar-refractivity contribution in [2.45, 2.75) is 20.0 Å². The number of amides is 3. The van der Waals surface area contributed by atoms with E-state index in [1.165, 1.54) is 7.05 Å². The van der Waals surface area contributed by atoms with Gasteiger partial charge in [0.25, 0.3) is 0 Å². The van der Waals surface area contributed by atoms with Crippen LogP contribution in [-0.4, -0.2) is 38.2 Å². The van der Waals surface area contributed by atoms with Gasteiger partial charge in [0.15, 0.2) is 0 Å². The highest BCUT2D eigenvalue weighted by molar-refractivity contribution is 5.98. The molecule has 1 heterocycles. The molecule has 0 unspecified atom stereocenters. The lowest BCUT2D eigenvalue weighted by atomic mass is 10.1. The largest absolute Gasteiger partial charge is 0.487 e. The molecule has 1 aromatic carbocycles. The van der Waals surface area contributed by atoms with Crippen molar-refractivity contribution in [1.82, 2.24) is 10.6 Å². The summed E-state index contributed by atoms with van der Waals surface area (Å²) in [6, 6.07) is 5.35. The summed E-state index contributed by atoms with van der Waals surface area (Å²) in [5, 5.41) is 4.92. The summed E-state index contributed by atoms with van der Waals surface area (Å²) in [6.45, 7) is 4.32. The van der Waals surface area contributed by atoms with E-state index < -0.39 is 0 Å². The van der Waals surface area contributed by atoms with Crippen molar-refractivity contribution in [2.24, 2.45) is 0 Å². The van der Waals surface area contributed by atoms with Gasteiger partial charge in [0.1, 0.15) is 11.9 Å². The van der Waals surface area contributed by atoms with Crippen molar-refractivity contribution < 1.29 is 14.3 Å². The fraction of sp³-hybridized carbons (Fsp3) is 0.429. The Labute approximate surface area is 118 Å². The van der Waals surface area contributed by atoms with Crippen LogP contribution in [0.5, 0.6) is 5.75 Å². The average molecular weight is 277 g/mol. The number of anilines is 1. The molecule has 0 spiro atoms.